The summed E-state index contributed by atoms with van der Waals surface area (Å²) in [5.41, 5.74) is 5.65. The van der Waals surface area contributed by atoms with E-state index in [0.717, 1.165) is 6.21 Å². The average molecular weight is 381 g/mol. The summed E-state index contributed by atoms with van der Waals surface area (Å²) in [4.78, 5) is 9.55. The largest absolute Gasteiger partial charge is 0.382 e. The predicted octanol–water partition coefficient (Wildman–Crippen LogP) is 2.33. The molecule has 11 heteroatoms. The molecular formula is C11H8Cl3N5O2S. The van der Waals surface area contributed by atoms with Crippen LogP contribution >= 0.6 is 34.8 Å². The monoisotopic (exact) mass is 379 g/mol. The van der Waals surface area contributed by atoms with E-state index in [1.54, 1.807) is 0 Å². The number of anilines is 1. The van der Waals surface area contributed by atoms with Crippen molar-refractivity contribution >= 4 is 56.9 Å². The van der Waals surface area contributed by atoms with E-state index in [2.05, 4.69) is 15.1 Å². The molecule has 0 spiro atoms. The van der Waals surface area contributed by atoms with Crippen LogP contribution in [0.4, 0.5) is 5.82 Å². The fraction of sp³-hybridized carbons (Fsp3) is 0. The Morgan fingerprint density at radius 3 is 2.32 bits per heavy atom. The predicted molar refractivity (Wildman–Crippen MR) is 85.8 cm³/mol. The number of benzene rings is 1. The number of nitrogens with zero attached hydrogens (tertiary/aromatic N) is 3. The molecule has 0 aliphatic rings. The van der Waals surface area contributed by atoms with E-state index in [1.165, 1.54) is 24.3 Å². The van der Waals surface area contributed by atoms with Crippen LogP contribution in [0.15, 0.2) is 34.3 Å². The third-order valence-corrected chi connectivity index (χ3v) is 4.47. The van der Waals surface area contributed by atoms with Crippen molar-refractivity contribution in [3.63, 3.8) is 0 Å². The molecule has 2 rings (SSSR count). The van der Waals surface area contributed by atoms with Crippen molar-refractivity contribution in [2.75, 3.05) is 5.73 Å². The van der Waals surface area contributed by atoms with E-state index in [4.69, 9.17) is 40.5 Å². The van der Waals surface area contributed by atoms with Gasteiger partial charge in [0, 0.05) is 5.02 Å². The molecule has 7 nitrogen and oxygen atoms in total. The van der Waals surface area contributed by atoms with Crippen LogP contribution in [0.3, 0.4) is 0 Å². The Balaban J connectivity index is 2.18. The third kappa shape index (κ3) is 3.98. The Labute approximate surface area is 141 Å². The lowest BCUT2D eigenvalue weighted by atomic mass is 10.4. The Hall–Kier alpha value is -1.61. The van der Waals surface area contributed by atoms with Crippen LogP contribution in [0.1, 0.15) is 5.69 Å². The minimum absolute atomic E-state index is 0.00208. The first-order chi connectivity index (χ1) is 10.3. The molecule has 0 aliphatic heterocycles. The van der Waals surface area contributed by atoms with Gasteiger partial charge in [0.15, 0.2) is 16.1 Å². The molecule has 0 fully saturated rings. The highest BCUT2D eigenvalue weighted by Crippen LogP contribution is 2.19. The maximum atomic E-state index is 12.0. The summed E-state index contributed by atoms with van der Waals surface area (Å²) in [6.45, 7) is 0. The van der Waals surface area contributed by atoms with Gasteiger partial charge in [-0.1, -0.05) is 34.8 Å². The average Bonchev–Trinajstić information content (AvgIpc) is 2.44. The van der Waals surface area contributed by atoms with Gasteiger partial charge in [-0.25, -0.2) is 14.8 Å². The Morgan fingerprint density at radius 1 is 1.09 bits per heavy atom. The van der Waals surface area contributed by atoms with Gasteiger partial charge in [0.25, 0.3) is 10.0 Å². The summed E-state index contributed by atoms with van der Waals surface area (Å²) in [6, 6.07) is 5.57. The topological polar surface area (TPSA) is 110 Å². The lowest BCUT2D eigenvalue weighted by Crippen LogP contribution is -2.18. The van der Waals surface area contributed by atoms with Crippen molar-refractivity contribution in [2.45, 2.75) is 4.90 Å². The van der Waals surface area contributed by atoms with Gasteiger partial charge in [-0.15, -0.1) is 0 Å². The van der Waals surface area contributed by atoms with E-state index < -0.39 is 10.0 Å². The molecule has 0 aliphatic carbocycles. The second-order valence-electron chi connectivity index (χ2n) is 3.88. The Morgan fingerprint density at radius 2 is 1.68 bits per heavy atom. The molecule has 0 bridgehead atoms. The van der Waals surface area contributed by atoms with Crippen LogP contribution in [-0.2, 0) is 10.0 Å². The Bertz CT molecular complexity index is 824. The molecule has 0 unspecified atom stereocenters. The normalized spacial score (nSPS) is 11.8. The van der Waals surface area contributed by atoms with E-state index in [1.807, 2.05) is 4.83 Å². The van der Waals surface area contributed by atoms with Crippen LogP contribution < -0.4 is 10.6 Å². The number of aromatic nitrogens is 2. The molecule has 0 atom stereocenters. The van der Waals surface area contributed by atoms with Crippen molar-refractivity contribution in [1.29, 1.82) is 0 Å². The van der Waals surface area contributed by atoms with Gasteiger partial charge < -0.3 is 5.73 Å². The Kier molecular flexibility index (Phi) is 5.07. The summed E-state index contributed by atoms with van der Waals surface area (Å²) in [7, 11) is -3.83. The summed E-state index contributed by atoms with van der Waals surface area (Å²) in [5, 5.41) is 3.85. The minimum atomic E-state index is -3.83. The van der Waals surface area contributed by atoms with Gasteiger partial charge in [-0.3, -0.25) is 0 Å². The van der Waals surface area contributed by atoms with Crippen LogP contribution in [0.5, 0.6) is 0 Å². The van der Waals surface area contributed by atoms with Crippen LogP contribution in [0, 0.1) is 0 Å². The van der Waals surface area contributed by atoms with Gasteiger partial charge in [0.2, 0.25) is 0 Å². The maximum absolute atomic E-state index is 12.0. The number of rotatable bonds is 4. The fourth-order valence-electron chi connectivity index (χ4n) is 1.34. The number of hydrogen-bond acceptors (Lipinski definition) is 6. The van der Waals surface area contributed by atoms with Crippen LogP contribution in [0.2, 0.25) is 15.3 Å². The summed E-state index contributed by atoms with van der Waals surface area (Å²) < 4.78 is 23.9. The first-order valence-electron chi connectivity index (χ1n) is 5.58. The number of nitrogens with one attached hydrogen (secondary N) is 1. The zero-order chi connectivity index (χ0) is 16.3. The SMILES string of the molecule is Nc1nc(Cl)c(Cl)nc1C=NNS(=O)(=O)c1ccc(Cl)cc1. The van der Waals surface area contributed by atoms with Crippen molar-refractivity contribution < 1.29 is 8.42 Å². The number of halogens is 3. The van der Waals surface area contributed by atoms with Crippen molar-refractivity contribution in [3.8, 4) is 0 Å². The second-order valence-corrected chi connectivity index (χ2v) is 6.70. The first-order valence-corrected chi connectivity index (χ1v) is 8.20. The second kappa shape index (κ2) is 6.66. The lowest BCUT2D eigenvalue weighted by Gasteiger charge is -2.04. The summed E-state index contributed by atoms with van der Waals surface area (Å²) >= 11 is 17.0. The van der Waals surface area contributed by atoms with E-state index in [9.17, 15) is 8.42 Å². The summed E-state index contributed by atoms with van der Waals surface area (Å²) in [6.07, 6.45) is 1.07. The quantitative estimate of drug-likeness (QED) is 0.625. The first kappa shape index (κ1) is 16.8. The van der Waals surface area contributed by atoms with Crippen LogP contribution in [0.25, 0.3) is 0 Å². The maximum Gasteiger partial charge on any atom is 0.276 e. The highest BCUT2D eigenvalue weighted by atomic mass is 35.5. The van der Waals surface area contributed by atoms with Crippen molar-refractivity contribution in [1.82, 2.24) is 14.8 Å². The highest BCUT2D eigenvalue weighted by molar-refractivity contribution is 7.89. The van der Waals surface area contributed by atoms with E-state index in [0.29, 0.717) is 5.02 Å². The summed E-state index contributed by atoms with van der Waals surface area (Å²) in [5.74, 6) is -0.0381. The van der Waals surface area contributed by atoms with Crippen molar-refractivity contribution in [3.05, 3.63) is 45.3 Å². The molecule has 2 aromatic rings. The van der Waals surface area contributed by atoms with E-state index in [-0.39, 0.29) is 26.7 Å². The molecule has 0 saturated heterocycles. The number of hydrogen-bond donors (Lipinski definition) is 2. The van der Waals surface area contributed by atoms with Gasteiger partial charge in [0.1, 0.15) is 5.69 Å². The molecule has 0 saturated carbocycles. The molecular weight excluding hydrogens is 373 g/mol. The molecule has 1 aromatic carbocycles. The number of nitrogens with two attached hydrogens (primary N) is 1. The van der Waals surface area contributed by atoms with Gasteiger partial charge in [0.05, 0.1) is 11.1 Å². The fourth-order valence-corrected chi connectivity index (χ4v) is 2.52. The third-order valence-electron chi connectivity index (χ3n) is 2.35. The zero-order valence-electron chi connectivity index (χ0n) is 10.7. The molecule has 3 N–H and O–H groups in total. The number of hydrazone groups is 1. The van der Waals surface area contributed by atoms with Gasteiger partial charge in [-0.2, -0.15) is 13.5 Å². The van der Waals surface area contributed by atoms with Gasteiger partial charge in [-0.05, 0) is 24.3 Å². The van der Waals surface area contributed by atoms with Gasteiger partial charge >= 0.3 is 0 Å². The molecule has 0 amide bonds. The standard InChI is InChI=1S/C11H8Cl3N5O2S/c12-6-1-3-7(4-2-6)22(20,21)19-16-5-8-11(15)18-10(14)9(13)17-8/h1-5,19H,(H2,15,18). The smallest absolute Gasteiger partial charge is 0.276 e. The molecule has 116 valence electrons. The zero-order valence-corrected chi connectivity index (χ0v) is 13.7. The minimum Gasteiger partial charge on any atom is -0.382 e. The van der Waals surface area contributed by atoms with Crippen molar-refractivity contribution in [2.24, 2.45) is 5.10 Å². The van der Waals surface area contributed by atoms with E-state index >= 15 is 0 Å². The molecule has 1 heterocycles. The number of nitrogen functional groups attached to an aromatic ring is 1. The molecule has 22 heavy (non-hydrogen) atoms. The number of sulfonamides is 1. The highest BCUT2D eigenvalue weighted by Gasteiger charge is 2.12. The van der Waals surface area contributed by atoms with Crippen LogP contribution in [-0.4, -0.2) is 24.6 Å². The molecule has 1 aromatic heterocycles. The molecule has 0 radical (unpaired) electrons. The lowest BCUT2D eigenvalue weighted by molar-refractivity contribution is 0.584.